The van der Waals surface area contributed by atoms with Gasteiger partial charge in [-0.15, -0.1) is 0 Å². The molecule has 1 aliphatic heterocycles. The highest BCUT2D eigenvalue weighted by Gasteiger charge is 2.26. The minimum Gasteiger partial charge on any atom is -0.378 e. The molecule has 0 saturated carbocycles. The molecule has 0 spiro atoms. The van der Waals surface area contributed by atoms with E-state index in [1.54, 1.807) is 18.2 Å². The number of nitrogens with zero attached hydrogens (tertiary/aromatic N) is 1. The number of alkyl halides is 2. The van der Waals surface area contributed by atoms with E-state index >= 15 is 0 Å². The summed E-state index contributed by atoms with van der Waals surface area (Å²) in [5.74, 6) is -4.03. The number of halogens is 3. The molecule has 0 unspecified atom stereocenters. The van der Waals surface area contributed by atoms with Crippen molar-refractivity contribution in [3.63, 3.8) is 0 Å². The van der Waals surface area contributed by atoms with E-state index < -0.39 is 26.4 Å². The molecule has 1 fully saturated rings. The van der Waals surface area contributed by atoms with Gasteiger partial charge in [-0.2, -0.15) is 8.78 Å². The van der Waals surface area contributed by atoms with Crippen LogP contribution in [0.25, 0.3) is 0 Å². The summed E-state index contributed by atoms with van der Waals surface area (Å²) < 4.78 is 53.5. The van der Waals surface area contributed by atoms with E-state index in [2.05, 4.69) is 5.32 Å². The molecule has 1 heterocycles. The second-order valence-corrected chi connectivity index (χ2v) is 8.40. The van der Waals surface area contributed by atoms with Crippen molar-refractivity contribution in [1.29, 1.82) is 0 Å². The molecule has 150 valence electrons. The van der Waals surface area contributed by atoms with Gasteiger partial charge >= 0.3 is 5.76 Å². The zero-order chi connectivity index (χ0) is 20.3. The first-order chi connectivity index (χ1) is 13.3. The first-order valence-corrected chi connectivity index (χ1v) is 10.3. The van der Waals surface area contributed by atoms with Crippen LogP contribution in [-0.2, 0) is 14.6 Å². The molecule has 1 N–H and O–H groups in total. The molecule has 2 aromatic carbocycles. The van der Waals surface area contributed by atoms with Crippen molar-refractivity contribution < 1.29 is 26.7 Å². The maximum atomic E-state index is 12.6. The van der Waals surface area contributed by atoms with Gasteiger partial charge in [0.25, 0.3) is 5.91 Å². The summed E-state index contributed by atoms with van der Waals surface area (Å²) in [4.78, 5) is 14.1. The number of carbonyl (C=O) groups is 1. The lowest BCUT2D eigenvalue weighted by molar-refractivity contribution is 0.102. The van der Waals surface area contributed by atoms with Crippen molar-refractivity contribution in [1.82, 2.24) is 0 Å². The van der Waals surface area contributed by atoms with Crippen LogP contribution in [0.4, 0.5) is 20.2 Å². The zero-order valence-corrected chi connectivity index (χ0v) is 16.1. The summed E-state index contributed by atoms with van der Waals surface area (Å²) in [5.41, 5.74) is 1.39. The molecule has 0 aliphatic carbocycles. The summed E-state index contributed by atoms with van der Waals surface area (Å²) in [5, 5.41) is 3.18. The number of anilines is 2. The fourth-order valence-electron chi connectivity index (χ4n) is 2.78. The third-order valence-electron chi connectivity index (χ3n) is 4.24. The van der Waals surface area contributed by atoms with Crippen LogP contribution in [0.3, 0.4) is 0 Å². The minimum absolute atomic E-state index is 0.126. The number of hydrogen-bond donors (Lipinski definition) is 1. The number of ether oxygens (including phenoxy) is 1. The van der Waals surface area contributed by atoms with Crippen molar-refractivity contribution in [2.24, 2.45) is 0 Å². The Morgan fingerprint density at radius 1 is 1.11 bits per heavy atom. The van der Waals surface area contributed by atoms with Gasteiger partial charge in [0.05, 0.1) is 29.5 Å². The molecule has 28 heavy (non-hydrogen) atoms. The maximum Gasteiger partial charge on any atom is 0.341 e. The summed E-state index contributed by atoms with van der Waals surface area (Å²) >= 11 is 6.05. The Bertz CT molecular complexity index is 962. The van der Waals surface area contributed by atoms with Gasteiger partial charge in [0.2, 0.25) is 9.84 Å². The number of amides is 1. The average molecular weight is 431 g/mol. The first kappa shape index (κ1) is 20.5. The van der Waals surface area contributed by atoms with Crippen molar-refractivity contribution in [3.05, 3.63) is 53.1 Å². The minimum atomic E-state index is -4.71. The van der Waals surface area contributed by atoms with E-state index in [1.807, 2.05) is 4.90 Å². The molecule has 3 rings (SSSR count). The second-order valence-electron chi connectivity index (χ2n) is 6.05. The number of benzene rings is 2. The van der Waals surface area contributed by atoms with E-state index in [0.29, 0.717) is 37.0 Å². The summed E-state index contributed by atoms with van der Waals surface area (Å²) in [6, 6.07) is 9.45. The van der Waals surface area contributed by atoms with E-state index in [9.17, 15) is 22.0 Å². The molecule has 0 radical (unpaired) electrons. The monoisotopic (exact) mass is 430 g/mol. The molecule has 6 nitrogen and oxygen atoms in total. The Morgan fingerprint density at radius 2 is 1.75 bits per heavy atom. The van der Waals surface area contributed by atoms with Gasteiger partial charge in [-0.25, -0.2) is 8.42 Å². The third-order valence-corrected chi connectivity index (χ3v) is 5.87. The molecular formula is C18H17ClF2N2O4S. The van der Waals surface area contributed by atoms with Gasteiger partial charge < -0.3 is 15.0 Å². The number of rotatable bonds is 5. The SMILES string of the molecule is O=C(Nc1cc(Cl)ccc1N1CCOCC1)c1ccc(S(=O)(=O)C(F)F)cc1. The number of morpholine rings is 1. The third kappa shape index (κ3) is 4.43. The lowest BCUT2D eigenvalue weighted by Crippen LogP contribution is -2.36. The largest absolute Gasteiger partial charge is 0.378 e. The van der Waals surface area contributed by atoms with Crippen LogP contribution in [0.5, 0.6) is 0 Å². The lowest BCUT2D eigenvalue weighted by Gasteiger charge is -2.30. The van der Waals surface area contributed by atoms with Crippen molar-refractivity contribution in [2.75, 3.05) is 36.5 Å². The fourth-order valence-corrected chi connectivity index (χ4v) is 3.68. The van der Waals surface area contributed by atoms with Gasteiger partial charge in [-0.1, -0.05) is 11.6 Å². The van der Waals surface area contributed by atoms with E-state index in [-0.39, 0.29) is 5.56 Å². The molecule has 0 atom stereocenters. The van der Waals surface area contributed by atoms with Gasteiger partial charge in [0.1, 0.15) is 0 Å². The Kier molecular flexibility index (Phi) is 6.17. The Morgan fingerprint density at radius 3 is 2.36 bits per heavy atom. The predicted octanol–water partition coefficient (Wildman–Crippen LogP) is 3.43. The van der Waals surface area contributed by atoms with E-state index in [4.69, 9.17) is 16.3 Å². The van der Waals surface area contributed by atoms with Crippen molar-refractivity contribution in [2.45, 2.75) is 10.7 Å². The topological polar surface area (TPSA) is 75.7 Å². The molecule has 0 aromatic heterocycles. The number of nitrogens with one attached hydrogen (secondary N) is 1. The Balaban J connectivity index is 1.82. The number of carbonyl (C=O) groups excluding carboxylic acids is 1. The Labute approximate surface area is 166 Å². The van der Waals surface area contributed by atoms with Crippen LogP contribution < -0.4 is 10.2 Å². The zero-order valence-electron chi connectivity index (χ0n) is 14.6. The molecule has 1 amide bonds. The highest BCUT2D eigenvalue weighted by atomic mass is 35.5. The summed E-state index contributed by atoms with van der Waals surface area (Å²) in [6.45, 7) is 2.45. The fraction of sp³-hybridized carbons (Fsp3) is 0.278. The molecule has 10 heteroatoms. The molecule has 2 aromatic rings. The van der Waals surface area contributed by atoms with Crippen LogP contribution in [-0.4, -0.2) is 46.4 Å². The standard InChI is InChI=1S/C18H17ClF2N2O4S/c19-13-3-6-16(23-7-9-27-10-8-23)15(11-13)22-17(24)12-1-4-14(5-2-12)28(25,26)18(20)21/h1-6,11,18H,7-10H2,(H,22,24). The smallest absolute Gasteiger partial charge is 0.341 e. The average Bonchev–Trinajstić information content (AvgIpc) is 2.68. The van der Waals surface area contributed by atoms with Crippen molar-refractivity contribution in [3.8, 4) is 0 Å². The van der Waals surface area contributed by atoms with E-state index in [0.717, 1.165) is 17.8 Å². The molecular weight excluding hydrogens is 414 g/mol. The molecule has 1 aliphatic rings. The summed E-state index contributed by atoms with van der Waals surface area (Å²) in [7, 11) is -4.71. The van der Waals surface area contributed by atoms with Gasteiger partial charge in [0.15, 0.2) is 0 Å². The van der Waals surface area contributed by atoms with Gasteiger partial charge in [-0.3, -0.25) is 4.79 Å². The van der Waals surface area contributed by atoms with Crippen molar-refractivity contribution >= 4 is 38.7 Å². The normalized spacial score (nSPS) is 14.9. The number of hydrogen-bond acceptors (Lipinski definition) is 5. The highest BCUT2D eigenvalue weighted by molar-refractivity contribution is 7.91. The van der Waals surface area contributed by atoms with E-state index in [1.165, 1.54) is 12.1 Å². The number of sulfone groups is 1. The lowest BCUT2D eigenvalue weighted by atomic mass is 10.2. The first-order valence-electron chi connectivity index (χ1n) is 8.35. The highest BCUT2D eigenvalue weighted by Crippen LogP contribution is 2.30. The molecule has 0 bridgehead atoms. The quantitative estimate of drug-likeness (QED) is 0.786. The van der Waals surface area contributed by atoms with Gasteiger partial charge in [0, 0.05) is 23.7 Å². The second kappa shape index (κ2) is 8.42. The van der Waals surface area contributed by atoms with Crippen LogP contribution in [0.1, 0.15) is 10.4 Å². The summed E-state index contributed by atoms with van der Waals surface area (Å²) in [6.07, 6.45) is 0. The molecule has 1 saturated heterocycles. The predicted molar refractivity (Wildman–Crippen MR) is 102 cm³/mol. The maximum absolute atomic E-state index is 12.6. The van der Waals surface area contributed by atoms with Gasteiger partial charge in [-0.05, 0) is 42.5 Å². The van der Waals surface area contributed by atoms with Crippen LogP contribution in [0.15, 0.2) is 47.4 Å². The Hall–Kier alpha value is -2.23. The van der Waals surface area contributed by atoms with Crippen LogP contribution >= 0.6 is 11.6 Å². The van der Waals surface area contributed by atoms with Crippen LogP contribution in [0.2, 0.25) is 5.02 Å². The van der Waals surface area contributed by atoms with Crippen LogP contribution in [0, 0.1) is 0 Å².